The Morgan fingerprint density at radius 1 is 1.21 bits per heavy atom. The highest BCUT2D eigenvalue weighted by Gasteiger charge is 2.05. The number of nitrogens with zero attached hydrogens (tertiary/aromatic N) is 1. The van der Waals surface area contributed by atoms with Crippen LogP contribution in [-0.2, 0) is 6.54 Å². The van der Waals surface area contributed by atoms with E-state index in [1.54, 1.807) is 26.0 Å². The third-order valence-electron chi connectivity index (χ3n) is 2.79. The zero-order chi connectivity index (χ0) is 14.0. The van der Waals surface area contributed by atoms with Gasteiger partial charge in [0.1, 0.15) is 16.8 Å². The first-order chi connectivity index (χ1) is 8.95. The molecule has 0 aliphatic heterocycles. The van der Waals surface area contributed by atoms with E-state index in [0.29, 0.717) is 34.3 Å². The Morgan fingerprint density at radius 3 is 2.42 bits per heavy atom. The Balaban J connectivity index is 2.14. The van der Waals surface area contributed by atoms with Crippen LogP contribution in [0.2, 0.25) is 5.15 Å². The lowest BCUT2D eigenvalue weighted by Gasteiger charge is -2.09. The summed E-state index contributed by atoms with van der Waals surface area (Å²) in [7, 11) is 0. The summed E-state index contributed by atoms with van der Waals surface area (Å²) in [6.07, 6.45) is 0. The Labute approximate surface area is 116 Å². The van der Waals surface area contributed by atoms with E-state index in [2.05, 4.69) is 10.3 Å². The average molecular weight is 280 g/mol. The molecule has 0 fully saturated rings. The molecule has 19 heavy (non-hydrogen) atoms. The van der Waals surface area contributed by atoms with Gasteiger partial charge in [-0.1, -0.05) is 23.7 Å². The monoisotopic (exact) mass is 279 g/mol. The number of anilines is 2. The molecule has 0 saturated carbocycles. The van der Waals surface area contributed by atoms with Gasteiger partial charge in [0.05, 0.1) is 0 Å². The summed E-state index contributed by atoms with van der Waals surface area (Å²) in [5, 5.41) is 3.46. The third-order valence-corrected chi connectivity index (χ3v) is 2.98. The van der Waals surface area contributed by atoms with Crippen LogP contribution in [0, 0.1) is 19.7 Å². The van der Waals surface area contributed by atoms with Crippen molar-refractivity contribution in [2.24, 2.45) is 0 Å². The summed E-state index contributed by atoms with van der Waals surface area (Å²) >= 11 is 5.82. The summed E-state index contributed by atoms with van der Waals surface area (Å²) < 4.78 is 13.5. The fourth-order valence-electron chi connectivity index (χ4n) is 1.94. The van der Waals surface area contributed by atoms with Gasteiger partial charge in [-0.2, -0.15) is 0 Å². The zero-order valence-electron chi connectivity index (χ0n) is 10.8. The first-order valence-corrected chi connectivity index (χ1v) is 6.26. The van der Waals surface area contributed by atoms with Crippen LogP contribution < -0.4 is 11.1 Å². The fraction of sp³-hybridized carbons (Fsp3) is 0.214. The van der Waals surface area contributed by atoms with Gasteiger partial charge in [0.25, 0.3) is 0 Å². The summed E-state index contributed by atoms with van der Waals surface area (Å²) in [4.78, 5) is 4.11. The van der Waals surface area contributed by atoms with Crippen LogP contribution in [-0.4, -0.2) is 4.98 Å². The number of nitrogens with two attached hydrogens (primary N) is 1. The Kier molecular flexibility index (Phi) is 3.90. The summed E-state index contributed by atoms with van der Waals surface area (Å²) in [6.45, 7) is 4.04. The van der Waals surface area contributed by atoms with E-state index in [-0.39, 0.29) is 5.82 Å². The Hall–Kier alpha value is -1.81. The highest BCUT2D eigenvalue weighted by molar-refractivity contribution is 6.29. The quantitative estimate of drug-likeness (QED) is 0.843. The molecule has 3 nitrogen and oxygen atoms in total. The largest absolute Gasteiger partial charge is 0.399 e. The highest BCUT2D eigenvalue weighted by Crippen LogP contribution is 2.18. The normalized spacial score (nSPS) is 10.5. The van der Waals surface area contributed by atoms with Gasteiger partial charge in [-0.15, -0.1) is 0 Å². The predicted molar refractivity (Wildman–Crippen MR) is 76.9 cm³/mol. The van der Waals surface area contributed by atoms with Crippen LogP contribution in [0.5, 0.6) is 0 Å². The molecule has 0 aliphatic carbocycles. The molecule has 1 aromatic carbocycles. The molecule has 0 saturated heterocycles. The van der Waals surface area contributed by atoms with Gasteiger partial charge in [-0.3, -0.25) is 0 Å². The number of nitrogens with one attached hydrogen (secondary N) is 1. The average Bonchev–Trinajstić information content (AvgIpc) is 2.32. The molecule has 2 aromatic rings. The minimum atomic E-state index is -0.158. The van der Waals surface area contributed by atoms with E-state index in [9.17, 15) is 4.39 Å². The SMILES string of the molecule is Cc1cc(CNc2cc(N)cc(Cl)n2)cc(C)c1F. The van der Waals surface area contributed by atoms with Gasteiger partial charge in [0.2, 0.25) is 0 Å². The molecule has 100 valence electrons. The number of aromatic nitrogens is 1. The van der Waals surface area contributed by atoms with Gasteiger partial charge in [0, 0.05) is 18.3 Å². The minimum Gasteiger partial charge on any atom is -0.399 e. The Bertz CT molecular complexity index is 570. The van der Waals surface area contributed by atoms with Crippen molar-refractivity contribution in [3.8, 4) is 0 Å². The molecule has 5 heteroatoms. The third kappa shape index (κ3) is 3.35. The van der Waals surface area contributed by atoms with Crippen molar-refractivity contribution >= 4 is 23.1 Å². The zero-order valence-corrected chi connectivity index (χ0v) is 11.6. The van der Waals surface area contributed by atoms with Gasteiger partial charge in [-0.25, -0.2) is 9.37 Å². The maximum Gasteiger partial charge on any atom is 0.133 e. The first-order valence-electron chi connectivity index (χ1n) is 5.88. The number of aryl methyl sites for hydroxylation is 2. The van der Waals surface area contributed by atoms with E-state index in [4.69, 9.17) is 17.3 Å². The second kappa shape index (κ2) is 5.45. The lowest BCUT2D eigenvalue weighted by Crippen LogP contribution is -2.04. The maximum absolute atomic E-state index is 13.5. The molecule has 0 aliphatic rings. The number of nitrogen functional groups attached to an aromatic ring is 1. The van der Waals surface area contributed by atoms with Gasteiger partial charge < -0.3 is 11.1 Å². The van der Waals surface area contributed by atoms with Crippen molar-refractivity contribution in [1.82, 2.24) is 4.98 Å². The molecule has 3 N–H and O–H groups in total. The van der Waals surface area contributed by atoms with Crippen LogP contribution in [0.4, 0.5) is 15.9 Å². The molecule has 0 spiro atoms. The van der Waals surface area contributed by atoms with Crippen LogP contribution in [0.15, 0.2) is 24.3 Å². The fourth-order valence-corrected chi connectivity index (χ4v) is 2.15. The van der Waals surface area contributed by atoms with Crippen LogP contribution >= 0.6 is 11.6 Å². The van der Waals surface area contributed by atoms with Crippen LogP contribution in [0.3, 0.4) is 0 Å². The van der Waals surface area contributed by atoms with Crippen molar-refractivity contribution < 1.29 is 4.39 Å². The number of halogens is 2. The minimum absolute atomic E-state index is 0.158. The molecular formula is C14H15ClFN3. The number of hydrogen-bond acceptors (Lipinski definition) is 3. The molecule has 0 unspecified atom stereocenters. The van der Waals surface area contributed by atoms with Gasteiger partial charge >= 0.3 is 0 Å². The molecule has 0 amide bonds. The first kappa shape index (κ1) is 13.6. The lowest BCUT2D eigenvalue weighted by molar-refractivity contribution is 0.608. The second-order valence-electron chi connectivity index (χ2n) is 4.51. The van der Waals surface area contributed by atoms with Crippen molar-refractivity contribution in [3.05, 3.63) is 51.9 Å². The molecular weight excluding hydrogens is 265 g/mol. The van der Waals surface area contributed by atoms with Crippen molar-refractivity contribution in [2.45, 2.75) is 20.4 Å². The molecule has 0 bridgehead atoms. The van der Waals surface area contributed by atoms with Crippen LogP contribution in [0.1, 0.15) is 16.7 Å². The molecule has 1 heterocycles. The predicted octanol–water partition coefficient (Wildman–Crippen LogP) is 3.69. The van der Waals surface area contributed by atoms with E-state index >= 15 is 0 Å². The topological polar surface area (TPSA) is 50.9 Å². The highest BCUT2D eigenvalue weighted by atomic mass is 35.5. The molecule has 0 atom stereocenters. The standard InChI is InChI=1S/C14H15ClFN3/c1-8-3-10(4-9(2)14(8)16)7-18-13-6-11(17)5-12(15)19-13/h3-6H,7H2,1-2H3,(H3,17,18,19). The summed E-state index contributed by atoms with van der Waals surface area (Å²) in [5.41, 5.74) is 8.48. The van der Waals surface area contributed by atoms with Gasteiger partial charge in [-0.05, 0) is 36.6 Å². The summed E-state index contributed by atoms with van der Waals surface area (Å²) in [6, 6.07) is 6.90. The van der Waals surface area contributed by atoms with E-state index in [1.165, 1.54) is 0 Å². The van der Waals surface area contributed by atoms with Crippen LogP contribution in [0.25, 0.3) is 0 Å². The number of benzene rings is 1. The van der Waals surface area contributed by atoms with Crippen molar-refractivity contribution in [2.75, 3.05) is 11.1 Å². The number of pyridine rings is 1. The van der Waals surface area contributed by atoms with Gasteiger partial charge in [0.15, 0.2) is 0 Å². The number of hydrogen-bond donors (Lipinski definition) is 2. The number of rotatable bonds is 3. The molecule has 2 rings (SSSR count). The van der Waals surface area contributed by atoms with Crippen molar-refractivity contribution in [1.29, 1.82) is 0 Å². The maximum atomic E-state index is 13.5. The second-order valence-corrected chi connectivity index (χ2v) is 4.89. The van der Waals surface area contributed by atoms with E-state index < -0.39 is 0 Å². The van der Waals surface area contributed by atoms with Crippen molar-refractivity contribution in [3.63, 3.8) is 0 Å². The van der Waals surface area contributed by atoms with E-state index in [1.807, 2.05) is 12.1 Å². The van der Waals surface area contributed by atoms with E-state index in [0.717, 1.165) is 5.56 Å². The Morgan fingerprint density at radius 2 is 1.84 bits per heavy atom. The smallest absolute Gasteiger partial charge is 0.133 e. The lowest BCUT2D eigenvalue weighted by atomic mass is 10.1. The summed E-state index contributed by atoms with van der Waals surface area (Å²) in [5.74, 6) is 0.443. The molecule has 0 radical (unpaired) electrons. The molecule has 1 aromatic heterocycles.